The van der Waals surface area contributed by atoms with E-state index < -0.39 is 0 Å². The van der Waals surface area contributed by atoms with Crippen LogP contribution in [-0.2, 0) is 0 Å². The highest BCUT2D eigenvalue weighted by Crippen LogP contribution is 2.34. The lowest BCUT2D eigenvalue weighted by Crippen LogP contribution is -2.64. The van der Waals surface area contributed by atoms with E-state index in [1.165, 1.54) is 0 Å². The third kappa shape index (κ3) is 6.92. The summed E-state index contributed by atoms with van der Waals surface area (Å²) in [7, 11) is 0. The van der Waals surface area contributed by atoms with Crippen molar-refractivity contribution < 1.29 is 0 Å². The lowest BCUT2D eigenvalue weighted by Gasteiger charge is -2.53. The highest BCUT2D eigenvalue weighted by Gasteiger charge is 2.42. The lowest BCUT2D eigenvalue weighted by molar-refractivity contribution is -0.0419. The summed E-state index contributed by atoms with van der Waals surface area (Å²) < 4.78 is 0. The molecule has 188 valence electrons. The molecule has 0 aromatic rings. The molecule has 2 unspecified atom stereocenters. The first-order valence-electron chi connectivity index (χ1n) is 12.8. The van der Waals surface area contributed by atoms with Gasteiger partial charge in [-0.1, -0.05) is 0 Å². The Balaban J connectivity index is 2.06. The zero-order chi connectivity index (χ0) is 25.2. The molecule has 0 saturated carbocycles. The molecular formula is C27H50N6. The standard InChI is InChI=1S/C27H50N6/c1-24(2,3)30-15-18-33(22(20-30)11-14-28)27(9,10)13-12-26(7,8)31-16-17-32(25(4,5)6)23(19-29)21-31/h22-23H,11-13,15-18,20-21H2,1-10H3. The third-order valence-corrected chi connectivity index (χ3v) is 8.13. The first kappa shape index (κ1) is 28.1. The van der Waals surface area contributed by atoms with Gasteiger partial charge in [0, 0.05) is 67.5 Å². The van der Waals surface area contributed by atoms with Crippen molar-refractivity contribution >= 4 is 0 Å². The molecule has 2 rings (SSSR count). The Morgan fingerprint density at radius 2 is 1.21 bits per heavy atom. The number of nitriles is 2. The van der Waals surface area contributed by atoms with Crippen LogP contribution < -0.4 is 0 Å². The second-order valence-electron chi connectivity index (χ2n) is 13.4. The smallest absolute Gasteiger partial charge is 0.111 e. The van der Waals surface area contributed by atoms with Crippen molar-refractivity contribution in [2.75, 3.05) is 39.3 Å². The molecule has 6 nitrogen and oxygen atoms in total. The molecule has 2 aliphatic rings. The summed E-state index contributed by atoms with van der Waals surface area (Å²) in [5, 5.41) is 19.4. The molecule has 2 atom stereocenters. The van der Waals surface area contributed by atoms with Crippen LogP contribution in [-0.4, -0.2) is 93.1 Å². The molecule has 0 spiro atoms. The van der Waals surface area contributed by atoms with E-state index in [0.717, 1.165) is 52.1 Å². The van der Waals surface area contributed by atoms with E-state index in [1.807, 2.05) is 0 Å². The number of piperazine rings is 2. The van der Waals surface area contributed by atoms with Crippen molar-refractivity contribution in [3.63, 3.8) is 0 Å². The number of hydrogen-bond donors (Lipinski definition) is 0. The van der Waals surface area contributed by atoms with Crippen LogP contribution in [0.2, 0.25) is 0 Å². The number of nitrogens with zero attached hydrogens (tertiary/aromatic N) is 6. The van der Waals surface area contributed by atoms with E-state index in [1.54, 1.807) is 0 Å². The van der Waals surface area contributed by atoms with E-state index in [0.29, 0.717) is 6.42 Å². The van der Waals surface area contributed by atoms with Crippen molar-refractivity contribution in [3.8, 4) is 12.1 Å². The predicted octanol–water partition coefficient (Wildman–Crippen LogP) is 4.33. The Labute approximate surface area is 204 Å². The van der Waals surface area contributed by atoms with Gasteiger partial charge in [0.2, 0.25) is 0 Å². The first-order chi connectivity index (χ1) is 15.0. The molecule has 0 N–H and O–H groups in total. The summed E-state index contributed by atoms with van der Waals surface area (Å²) >= 11 is 0. The molecule has 6 heteroatoms. The summed E-state index contributed by atoms with van der Waals surface area (Å²) in [5.74, 6) is 0. The normalized spacial score (nSPS) is 25.6. The summed E-state index contributed by atoms with van der Waals surface area (Å²) in [6.45, 7) is 28.6. The van der Waals surface area contributed by atoms with Gasteiger partial charge in [-0.25, -0.2) is 0 Å². The molecule has 2 aliphatic heterocycles. The van der Waals surface area contributed by atoms with Gasteiger partial charge >= 0.3 is 0 Å². The van der Waals surface area contributed by atoms with Crippen LogP contribution in [0.4, 0.5) is 0 Å². The Hall–Kier alpha value is -1.18. The largest absolute Gasteiger partial charge is 0.296 e. The summed E-state index contributed by atoms with van der Waals surface area (Å²) in [6.07, 6.45) is 2.73. The van der Waals surface area contributed by atoms with E-state index in [4.69, 9.17) is 0 Å². The van der Waals surface area contributed by atoms with Gasteiger partial charge in [0.1, 0.15) is 6.04 Å². The molecule has 2 fully saturated rings. The zero-order valence-electron chi connectivity index (χ0n) is 23.2. The van der Waals surface area contributed by atoms with Crippen LogP contribution in [0.3, 0.4) is 0 Å². The van der Waals surface area contributed by atoms with E-state index in [9.17, 15) is 10.5 Å². The molecule has 0 bridgehead atoms. The lowest BCUT2D eigenvalue weighted by atomic mass is 9.84. The Morgan fingerprint density at radius 3 is 1.73 bits per heavy atom. The predicted molar refractivity (Wildman–Crippen MR) is 137 cm³/mol. The topological polar surface area (TPSA) is 60.5 Å². The van der Waals surface area contributed by atoms with E-state index >= 15 is 0 Å². The van der Waals surface area contributed by atoms with Gasteiger partial charge in [0.15, 0.2) is 0 Å². The fourth-order valence-electron chi connectivity index (χ4n) is 5.70. The van der Waals surface area contributed by atoms with Crippen molar-refractivity contribution in [2.45, 2.75) is 123 Å². The molecule has 0 amide bonds. The van der Waals surface area contributed by atoms with Gasteiger partial charge in [-0.15, -0.1) is 0 Å². The van der Waals surface area contributed by atoms with E-state index in [2.05, 4.69) is 101 Å². The first-order valence-corrected chi connectivity index (χ1v) is 12.8. The molecule has 2 heterocycles. The summed E-state index contributed by atoms with van der Waals surface area (Å²) in [4.78, 5) is 10.0. The number of hydrogen-bond acceptors (Lipinski definition) is 6. The van der Waals surface area contributed by atoms with Gasteiger partial charge in [-0.2, -0.15) is 10.5 Å². The Morgan fingerprint density at radius 1 is 0.667 bits per heavy atom. The summed E-state index contributed by atoms with van der Waals surface area (Å²) in [6, 6.07) is 5.23. The number of rotatable bonds is 6. The summed E-state index contributed by atoms with van der Waals surface area (Å²) in [5.41, 5.74) is 0.223. The third-order valence-electron chi connectivity index (χ3n) is 8.13. The molecule has 0 aromatic carbocycles. The maximum Gasteiger partial charge on any atom is 0.111 e. The minimum Gasteiger partial charge on any atom is -0.296 e. The van der Waals surface area contributed by atoms with Gasteiger partial charge in [0.25, 0.3) is 0 Å². The van der Waals surface area contributed by atoms with Crippen LogP contribution in [0.1, 0.15) is 88.5 Å². The average Bonchev–Trinajstić information content (AvgIpc) is 2.70. The van der Waals surface area contributed by atoms with Crippen molar-refractivity contribution in [1.82, 2.24) is 19.6 Å². The van der Waals surface area contributed by atoms with Crippen LogP contribution in [0.5, 0.6) is 0 Å². The van der Waals surface area contributed by atoms with Gasteiger partial charge in [-0.3, -0.25) is 19.6 Å². The highest BCUT2D eigenvalue weighted by molar-refractivity contribution is 5.04. The molecule has 0 radical (unpaired) electrons. The molecular weight excluding hydrogens is 408 g/mol. The molecule has 0 aromatic heterocycles. The van der Waals surface area contributed by atoms with E-state index in [-0.39, 0.29) is 34.2 Å². The Bertz CT molecular complexity index is 730. The maximum absolute atomic E-state index is 9.84. The fourth-order valence-corrected chi connectivity index (χ4v) is 5.70. The van der Waals surface area contributed by atoms with Crippen LogP contribution in [0.25, 0.3) is 0 Å². The van der Waals surface area contributed by atoms with Crippen molar-refractivity contribution in [3.05, 3.63) is 0 Å². The zero-order valence-corrected chi connectivity index (χ0v) is 23.2. The minimum absolute atomic E-state index is 0.0174. The van der Waals surface area contributed by atoms with Crippen molar-refractivity contribution in [1.29, 1.82) is 10.5 Å². The molecule has 33 heavy (non-hydrogen) atoms. The maximum atomic E-state index is 9.84. The average molecular weight is 459 g/mol. The fraction of sp³-hybridized carbons (Fsp3) is 0.926. The van der Waals surface area contributed by atoms with Gasteiger partial charge in [-0.05, 0) is 82.1 Å². The monoisotopic (exact) mass is 458 g/mol. The SMILES string of the molecule is CC(C)(C)N1CCN(C(C)(C)CCC(C)(C)N2CCN(C(C)(C)C)C(C#N)C2)C(CC#N)C1. The highest BCUT2D eigenvalue weighted by atomic mass is 15.3. The van der Waals surface area contributed by atoms with Gasteiger partial charge < -0.3 is 0 Å². The van der Waals surface area contributed by atoms with Crippen LogP contribution in [0.15, 0.2) is 0 Å². The van der Waals surface area contributed by atoms with Crippen molar-refractivity contribution in [2.24, 2.45) is 0 Å². The molecule has 2 saturated heterocycles. The minimum atomic E-state index is -0.0588. The van der Waals surface area contributed by atoms with Gasteiger partial charge in [0.05, 0.1) is 18.6 Å². The molecule has 0 aliphatic carbocycles. The quantitative estimate of drug-likeness (QED) is 0.590. The Kier molecular flexibility index (Phi) is 8.68. The second kappa shape index (κ2) is 10.2. The van der Waals surface area contributed by atoms with Crippen LogP contribution in [0, 0.1) is 22.7 Å². The van der Waals surface area contributed by atoms with Crippen LogP contribution >= 0.6 is 0 Å². The second-order valence-corrected chi connectivity index (χ2v) is 13.4.